The van der Waals surface area contributed by atoms with Crippen molar-refractivity contribution in [3.05, 3.63) is 21.9 Å². The second kappa shape index (κ2) is 7.51. The highest BCUT2D eigenvalue weighted by molar-refractivity contribution is 7.99. The molecule has 1 aromatic rings. The molecule has 2 rings (SSSR count). The SMILES string of the molecule is CN=C(NCC1(O)CCSC1)NC(C)Cc1ccc(C)s1. The Hall–Kier alpha value is -0.720. The van der Waals surface area contributed by atoms with Gasteiger partial charge in [-0.25, -0.2) is 0 Å². The number of thioether (sulfide) groups is 1. The fourth-order valence-corrected chi connectivity index (χ4v) is 4.67. The number of aliphatic hydroxyl groups is 1. The van der Waals surface area contributed by atoms with E-state index in [1.807, 2.05) is 23.1 Å². The third-order valence-corrected chi connectivity index (χ3v) is 5.83. The van der Waals surface area contributed by atoms with E-state index in [1.165, 1.54) is 9.75 Å². The smallest absolute Gasteiger partial charge is 0.191 e. The summed E-state index contributed by atoms with van der Waals surface area (Å²) in [5, 5.41) is 17.0. The number of hydrogen-bond acceptors (Lipinski definition) is 4. The van der Waals surface area contributed by atoms with Crippen molar-refractivity contribution >= 4 is 29.1 Å². The van der Waals surface area contributed by atoms with Crippen LogP contribution in [0.5, 0.6) is 0 Å². The highest BCUT2D eigenvalue weighted by Crippen LogP contribution is 2.26. The third kappa shape index (κ3) is 5.20. The van der Waals surface area contributed by atoms with Gasteiger partial charge in [0.2, 0.25) is 0 Å². The van der Waals surface area contributed by atoms with Crippen molar-refractivity contribution in [3.63, 3.8) is 0 Å². The van der Waals surface area contributed by atoms with E-state index in [2.05, 4.69) is 41.6 Å². The van der Waals surface area contributed by atoms with Gasteiger partial charge in [-0.3, -0.25) is 4.99 Å². The van der Waals surface area contributed by atoms with E-state index in [1.54, 1.807) is 7.05 Å². The van der Waals surface area contributed by atoms with Gasteiger partial charge in [-0.1, -0.05) is 0 Å². The minimum absolute atomic E-state index is 0.307. The molecule has 21 heavy (non-hydrogen) atoms. The van der Waals surface area contributed by atoms with E-state index in [9.17, 15) is 5.11 Å². The normalized spacial score (nSPS) is 24.1. The molecule has 2 unspecified atom stereocenters. The van der Waals surface area contributed by atoms with Crippen molar-refractivity contribution in [1.29, 1.82) is 0 Å². The Bertz CT molecular complexity index is 481. The summed E-state index contributed by atoms with van der Waals surface area (Å²) in [6, 6.07) is 4.65. The van der Waals surface area contributed by atoms with Crippen LogP contribution >= 0.6 is 23.1 Å². The van der Waals surface area contributed by atoms with Crippen molar-refractivity contribution in [3.8, 4) is 0 Å². The Morgan fingerprint density at radius 3 is 2.90 bits per heavy atom. The zero-order valence-corrected chi connectivity index (χ0v) is 14.6. The van der Waals surface area contributed by atoms with Crippen LogP contribution in [-0.4, -0.2) is 47.8 Å². The Kier molecular flexibility index (Phi) is 5.96. The molecule has 0 bridgehead atoms. The van der Waals surface area contributed by atoms with Crippen LogP contribution in [0.3, 0.4) is 0 Å². The van der Waals surface area contributed by atoms with Crippen LogP contribution in [0.15, 0.2) is 17.1 Å². The molecule has 2 heterocycles. The van der Waals surface area contributed by atoms with Gasteiger partial charge < -0.3 is 15.7 Å². The predicted octanol–water partition coefficient (Wildman–Crippen LogP) is 2.02. The molecule has 0 amide bonds. The number of nitrogens with one attached hydrogen (secondary N) is 2. The van der Waals surface area contributed by atoms with E-state index < -0.39 is 5.60 Å². The molecular weight excluding hydrogens is 302 g/mol. The van der Waals surface area contributed by atoms with Gasteiger partial charge in [0, 0.05) is 41.6 Å². The first kappa shape index (κ1) is 16.6. The maximum atomic E-state index is 10.3. The number of aliphatic imine (C=N–C) groups is 1. The number of hydrogen-bond donors (Lipinski definition) is 3. The molecule has 1 aromatic heterocycles. The maximum absolute atomic E-state index is 10.3. The average molecular weight is 328 g/mol. The largest absolute Gasteiger partial charge is 0.387 e. The van der Waals surface area contributed by atoms with E-state index in [0.29, 0.717) is 12.6 Å². The van der Waals surface area contributed by atoms with E-state index >= 15 is 0 Å². The van der Waals surface area contributed by atoms with Crippen molar-refractivity contribution < 1.29 is 5.11 Å². The number of rotatable bonds is 5. The van der Waals surface area contributed by atoms with Crippen molar-refractivity contribution in [2.45, 2.75) is 38.3 Å². The summed E-state index contributed by atoms with van der Waals surface area (Å²) in [6.07, 6.45) is 1.84. The summed E-state index contributed by atoms with van der Waals surface area (Å²) in [4.78, 5) is 6.98. The molecule has 0 saturated carbocycles. The number of thiophene rings is 1. The molecule has 1 saturated heterocycles. The van der Waals surface area contributed by atoms with Gasteiger partial charge in [0.15, 0.2) is 5.96 Å². The first-order chi connectivity index (χ1) is 10.0. The van der Waals surface area contributed by atoms with Crippen LogP contribution in [0.25, 0.3) is 0 Å². The number of nitrogens with zero attached hydrogens (tertiary/aromatic N) is 1. The molecule has 1 aliphatic heterocycles. The van der Waals surface area contributed by atoms with Gasteiger partial charge in [0.25, 0.3) is 0 Å². The second-order valence-electron chi connectivity index (χ2n) is 5.71. The lowest BCUT2D eigenvalue weighted by Crippen LogP contribution is -2.49. The lowest BCUT2D eigenvalue weighted by molar-refractivity contribution is 0.0724. The molecule has 4 nitrogen and oxygen atoms in total. The Morgan fingerprint density at radius 2 is 2.33 bits per heavy atom. The Morgan fingerprint density at radius 1 is 1.52 bits per heavy atom. The quantitative estimate of drug-likeness (QED) is 0.572. The summed E-state index contributed by atoms with van der Waals surface area (Å²) < 4.78 is 0. The van der Waals surface area contributed by atoms with Crippen molar-refractivity contribution in [2.75, 3.05) is 25.1 Å². The van der Waals surface area contributed by atoms with Crippen molar-refractivity contribution in [1.82, 2.24) is 10.6 Å². The van der Waals surface area contributed by atoms with Gasteiger partial charge in [-0.15, -0.1) is 11.3 Å². The molecule has 0 aliphatic carbocycles. The summed E-state index contributed by atoms with van der Waals surface area (Å²) in [7, 11) is 1.77. The summed E-state index contributed by atoms with van der Waals surface area (Å²) in [5.41, 5.74) is -0.587. The highest BCUT2D eigenvalue weighted by Gasteiger charge is 2.31. The van der Waals surface area contributed by atoms with Crippen LogP contribution < -0.4 is 10.6 Å². The molecule has 0 aromatic carbocycles. The van der Waals surface area contributed by atoms with Crippen LogP contribution in [0.2, 0.25) is 0 Å². The Labute approximate surface area is 135 Å². The molecule has 1 aliphatic rings. The fraction of sp³-hybridized carbons (Fsp3) is 0.667. The summed E-state index contributed by atoms with van der Waals surface area (Å²) >= 11 is 3.65. The van der Waals surface area contributed by atoms with Crippen LogP contribution in [0.1, 0.15) is 23.1 Å². The zero-order valence-electron chi connectivity index (χ0n) is 13.0. The van der Waals surface area contributed by atoms with Gasteiger partial charge in [-0.05, 0) is 38.2 Å². The highest BCUT2D eigenvalue weighted by atomic mass is 32.2. The predicted molar refractivity (Wildman–Crippen MR) is 93.6 cm³/mol. The molecule has 118 valence electrons. The molecule has 1 fully saturated rings. The third-order valence-electron chi connectivity index (χ3n) is 3.58. The van der Waals surface area contributed by atoms with Gasteiger partial charge in [0.1, 0.15) is 0 Å². The van der Waals surface area contributed by atoms with E-state index in [4.69, 9.17) is 0 Å². The van der Waals surface area contributed by atoms with Crippen LogP contribution in [0.4, 0.5) is 0 Å². The average Bonchev–Trinajstić information content (AvgIpc) is 3.04. The van der Waals surface area contributed by atoms with Crippen LogP contribution in [0, 0.1) is 6.92 Å². The lowest BCUT2D eigenvalue weighted by atomic mass is 10.0. The monoisotopic (exact) mass is 327 g/mol. The van der Waals surface area contributed by atoms with Gasteiger partial charge in [0.05, 0.1) is 5.60 Å². The van der Waals surface area contributed by atoms with Gasteiger partial charge >= 0.3 is 0 Å². The molecule has 6 heteroatoms. The maximum Gasteiger partial charge on any atom is 0.191 e. The number of guanidine groups is 1. The van der Waals surface area contributed by atoms with E-state index in [0.717, 1.165) is 30.3 Å². The Balaban J connectivity index is 1.78. The fourth-order valence-electron chi connectivity index (χ4n) is 2.36. The zero-order chi connectivity index (χ0) is 15.3. The minimum atomic E-state index is -0.587. The summed E-state index contributed by atoms with van der Waals surface area (Å²) in [5.74, 6) is 2.61. The molecule has 2 atom stereocenters. The number of aryl methyl sites for hydroxylation is 1. The molecule has 0 spiro atoms. The second-order valence-corrected chi connectivity index (χ2v) is 8.19. The lowest BCUT2D eigenvalue weighted by Gasteiger charge is -2.24. The minimum Gasteiger partial charge on any atom is -0.387 e. The molecule has 3 N–H and O–H groups in total. The van der Waals surface area contributed by atoms with Gasteiger partial charge in [-0.2, -0.15) is 11.8 Å². The van der Waals surface area contributed by atoms with Crippen molar-refractivity contribution in [2.24, 2.45) is 4.99 Å². The molecule has 0 radical (unpaired) electrons. The first-order valence-electron chi connectivity index (χ1n) is 7.33. The topological polar surface area (TPSA) is 56.7 Å². The summed E-state index contributed by atoms with van der Waals surface area (Å²) in [6.45, 7) is 4.85. The first-order valence-corrected chi connectivity index (χ1v) is 9.30. The molecular formula is C15H25N3OS2. The van der Waals surface area contributed by atoms with E-state index in [-0.39, 0.29) is 0 Å². The standard InChI is InChI=1S/C15H25N3OS2/c1-11(8-13-5-4-12(2)21-13)18-14(16-3)17-9-15(19)6-7-20-10-15/h4-5,11,19H,6-10H2,1-3H3,(H2,16,17,18). The van der Waals surface area contributed by atoms with Crippen LogP contribution in [-0.2, 0) is 6.42 Å².